The average Bonchev–Trinajstić information content (AvgIpc) is 2.60. The van der Waals surface area contributed by atoms with E-state index in [-0.39, 0.29) is 22.9 Å². The average molecular weight is 390 g/mol. The largest absolute Gasteiger partial charge is 0.481 e. The van der Waals surface area contributed by atoms with Crippen molar-refractivity contribution in [3.8, 4) is 0 Å². The molecule has 2 rings (SSSR count). The third-order valence-electron chi connectivity index (χ3n) is 3.64. The van der Waals surface area contributed by atoms with Gasteiger partial charge in [0.15, 0.2) is 0 Å². The number of nitrogens with one attached hydrogen (secondary N) is 2. The normalized spacial score (nSPS) is 11.4. The summed E-state index contributed by atoms with van der Waals surface area (Å²) >= 11 is 0. The molecule has 0 aliphatic rings. The summed E-state index contributed by atoms with van der Waals surface area (Å²) in [6, 6.07) is 12.4. The number of amides is 1. The van der Waals surface area contributed by atoms with Gasteiger partial charge in [0.25, 0.3) is 5.91 Å². The van der Waals surface area contributed by atoms with E-state index < -0.39 is 21.9 Å². The smallest absolute Gasteiger partial charge is 0.303 e. The molecule has 0 fully saturated rings. The van der Waals surface area contributed by atoms with Crippen LogP contribution in [-0.2, 0) is 21.2 Å². The first kappa shape index (κ1) is 20.6. The first-order valence-electron chi connectivity index (χ1n) is 8.42. The molecular formula is C19H22N2O5S. The molecule has 8 heteroatoms. The summed E-state index contributed by atoms with van der Waals surface area (Å²) in [6.07, 6.45) is 0.448. The third kappa shape index (κ3) is 6.19. The highest BCUT2D eigenvalue weighted by molar-refractivity contribution is 7.89. The summed E-state index contributed by atoms with van der Waals surface area (Å²) < 4.78 is 27.0. The molecule has 0 radical (unpaired) electrons. The van der Waals surface area contributed by atoms with E-state index in [1.54, 1.807) is 38.1 Å². The Labute approximate surface area is 158 Å². The number of anilines is 1. The molecule has 0 spiro atoms. The van der Waals surface area contributed by atoms with Crippen LogP contribution in [0.5, 0.6) is 0 Å². The highest BCUT2D eigenvalue weighted by Gasteiger charge is 2.17. The predicted octanol–water partition coefficient (Wildman–Crippen LogP) is 2.64. The molecule has 0 atom stereocenters. The minimum Gasteiger partial charge on any atom is -0.481 e. The van der Waals surface area contributed by atoms with Crippen LogP contribution in [0.25, 0.3) is 0 Å². The fourth-order valence-electron chi connectivity index (χ4n) is 2.39. The molecule has 0 aliphatic heterocycles. The first-order chi connectivity index (χ1) is 12.7. The van der Waals surface area contributed by atoms with Crippen molar-refractivity contribution in [3.63, 3.8) is 0 Å². The van der Waals surface area contributed by atoms with Crippen molar-refractivity contribution in [2.75, 3.05) is 5.32 Å². The molecule has 2 aromatic rings. The molecule has 0 saturated carbocycles. The topological polar surface area (TPSA) is 113 Å². The zero-order chi connectivity index (χ0) is 20.0. The number of hydrogen-bond donors (Lipinski definition) is 3. The fraction of sp³-hybridized carbons (Fsp3) is 0.263. The van der Waals surface area contributed by atoms with E-state index >= 15 is 0 Å². The Balaban J connectivity index is 2.10. The molecule has 0 saturated heterocycles. The lowest BCUT2D eigenvalue weighted by atomic mass is 10.1. The van der Waals surface area contributed by atoms with Crippen LogP contribution in [0, 0.1) is 0 Å². The van der Waals surface area contributed by atoms with Crippen molar-refractivity contribution in [1.29, 1.82) is 0 Å². The molecule has 3 N–H and O–H groups in total. The van der Waals surface area contributed by atoms with Crippen LogP contribution in [0.2, 0.25) is 0 Å². The van der Waals surface area contributed by atoms with Gasteiger partial charge in [0.2, 0.25) is 10.0 Å². The third-order valence-corrected chi connectivity index (χ3v) is 5.29. The lowest BCUT2D eigenvalue weighted by Crippen LogP contribution is -2.30. The molecule has 2 aromatic carbocycles. The number of carbonyl (C=O) groups is 2. The Morgan fingerprint density at radius 2 is 1.74 bits per heavy atom. The van der Waals surface area contributed by atoms with E-state index in [2.05, 4.69) is 10.0 Å². The molecule has 27 heavy (non-hydrogen) atoms. The van der Waals surface area contributed by atoms with Crippen molar-refractivity contribution in [1.82, 2.24) is 4.72 Å². The Morgan fingerprint density at radius 3 is 2.33 bits per heavy atom. The Morgan fingerprint density at radius 1 is 1.07 bits per heavy atom. The van der Waals surface area contributed by atoms with Gasteiger partial charge in [-0.3, -0.25) is 9.59 Å². The summed E-state index contributed by atoms with van der Waals surface area (Å²) in [5, 5.41) is 11.4. The van der Waals surface area contributed by atoms with Crippen LogP contribution in [-0.4, -0.2) is 31.4 Å². The number of carbonyl (C=O) groups excluding carboxylic acids is 1. The van der Waals surface area contributed by atoms with Gasteiger partial charge >= 0.3 is 5.97 Å². The summed E-state index contributed by atoms with van der Waals surface area (Å²) in [5.74, 6) is -1.30. The first-order valence-corrected chi connectivity index (χ1v) is 9.90. The van der Waals surface area contributed by atoms with E-state index in [1.165, 1.54) is 24.3 Å². The second-order valence-corrected chi connectivity index (χ2v) is 8.06. The van der Waals surface area contributed by atoms with Crippen LogP contribution in [0.4, 0.5) is 5.69 Å². The van der Waals surface area contributed by atoms with Crippen LogP contribution in [0.1, 0.15) is 36.2 Å². The minimum absolute atomic E-state index is 0.0212. The maximum atomic E-state index is 12.4. The van der Waals surface area contributed by atoms with Gasteiger partial charge in [0.05, 0.1) is 4.90 Å². The van der Waals surface area contributed by atoms with Gasteiger partial charge in [0.1, 0.15) is 0 Å². The predicted molar refractivity (Wildman–Crippen MR) is 102 cm³/mol. The molecule has 0 aromatic heterocycles. The van der Waals surface area contributed by atoms with Gasteiger partial charge in [-0.05, 0) is 56.2 Å². The van der Waals surface area contributed by atoms with Gasteiger partial charge in [-0.1, -0.05) is 18.2 Å². The van der Waals surface area contributed by atoms with Gasteiger partial charge in [-0.15, -0.1) is 0 Å². The molecule has 0 bridgehead atoms. The number of hydrogen-bond acceptors (Lipinski definition) is 4. The van der Waals surface area contributed by atoms with Crippen LogP contribution in [0.3, 0.4) is 0 Å². The number of carboxylic acid groups (broad SMARTS) is 1. The lowest BCUT2D eigenvalue weighted by Gasteiger charge is -2.11. The second-order valence-electron chi connectivity index (χ2n) is 6.35. The molecule has 0 unspecified atom stereocenters. The SMILES string of the molecule is CC(C)NS(=O)(=O)c1cccc(C(=O)Nc2ccc(CCC(=O)O)cc2)c1. The summed E-state index contributed by atoms with van der Waals surface area (Å²) in [5.41, 5.74) is 1.60. The summed E-state index contributed by atoms with van der Waals surface area (Å²) in [6.45, 7) is 3.43. The molecule has 0 aliphatic carbocycles. The molecule has 1 amide bonds. The second kappa shape index (κ2) is 8.79. The number of rotatable bonds is 8. The monoisotopic (exact) mass is 390 g/mol. The van der Waals surface area contributed by atoms with Gasteiger partial charge in [-0.2, -0.15) is 0 Å². The Hall–Kier alpha value is -2.71. The van der Waals surface area contributed by atoms with E-state index in [0.717, 1.165) is 5.56 Å². The van der Waals surface area contributed by atoms with Crippen LogP contribution >= 0.6 is 0 Å². The van der Waals surface area contributed by atoms with E-state index in [9.17, 15) is 18.0 Å². The highest BCUT2D eigenvalue weighted by Crippen LogP contribution is 2.16. The molecule has 144 valence electrons. The van der Waals surface area contributed by atoms with Crippen molar-refractivity contribution in [2.24, 2.45) is 0 Å². The molecular weight excluding hydrogens is 368 g/mol. The van der Waals surface area contributed by atoms with Crippen molar-refractivity contribution in [3.05, 3.63) is 59.7 Å². The Bertz CT molecular complexity index is 921. The number of sulfonamides is 1. The van der Waals surface area contributed by atoms with E-state index in [4.69, 9.17) is 5.11 Å². The lowest BCUT2D eigenvalue weighted by molar-refractivity contribution is -0.136. The number of aliphatic carboxylic acids is 1. The Kier molecular flexibility index (Phi) is 6.70. The van der Waals surface area contributed by atoms with E-state index in [1.807, 2.05) is 0 Å². The number of aryl methyl sites for hydroxylation is 1. The van der Waals surface area contributed by atoms with Crippen LogP contribution in [0.15, 0.2) is 53.4 Å². The fourth-order valence-corrected chi connectivity index (χ4v) is 3.69. The van der Waals surface area contributed by atoms with Gasteiger partial charge < -0.3 is 10.4 Å². The van der Waals surface area contributed by atoms with Crippen molar-refractivity contribution in [2.45, 2.75) is 37.6 Å². The number of carboxylic acids is 1. The highest BCUT2D eigenvalue weighted by atomic mass is 32.2. The zero-order valence-corrected chi connectivity index (χ0v) is 15.9. The zero-order valence-electron chi connectivity index (χ0n) is 15.1. The summed E-state index contributed by atoms with van der Waals surface area (Å²) in [4.78, 5) is 23.0. The standard InChI is InChI=1S/C19H22N2O5S/c1-13(2)21-27(25,26)17-5-3-4-15(12-17)19(24)20-16-9-6-14(7-10-16)8-11-18(22)23/h3-7,9-10,12-13,21H,8,11H2,1-2H3,(H,20,24)(H,22,23). The van der Waals surface area contributed by atoms with Crippen LogP contribution < -0.4 is 10.0 Å². The number of benzene rings is 2. The van der Waals surface area contributed by atoms with E-state index in [0.29, 0.717) is 12.1 Å². The van der Waals surface area contributed by atoms with Crippen molar-refractivity contribution >= 4 is 27.6 Å². The van der Waals surface area contributed by atoms with Crippen molar-refractivity contribution < 1.29 is 23.1 Å². The summed E-state index contributed by atoms with van der Waals surface area (Å²) in [7, 11) is -3.69. The molecule has 0 heterocycles. The van der Waals surface area contributed by atoms with Gasteiger partial charge in [-0.25, -0.2) is 13.1 Å². The maximum absolute atomic E-state index is 12.4. The maximum Gasteiger partial charge on any atom is 0.303 e. The molecule has 7 nitrogen and oxygen atoms in total. The quantitative estimate of drug-likeness (QED) is 0.641. The minimum atomic E-state index is -3.69. The van der Waals surface area contributed by atoms with Gasteiger partial charge in [0, 0.05) is 23.7 Å².